The van der Waals surface area contributed by atoms with E-state index in [1.807, 2.05) is 66.9 Å². The van der Waals surface area contributed by atoms with Crippen LogP contribution in [-0.2, 0) is 4.79 Å². The van der Waals surface area contributed by atoms with Gasteiger partial charge in [-0.05, 0) is 38.1 Å². The zero-order valence-electron chi connectivity index (χ0n) is 19.6. The Kier molecular flexibility index (Phi) is 7.47. The minimum atomic E-state index is -0.316. The Hall–Kier alpha value is -4.11. The first-order valence-corrected chi connectivity index (χ1v) is 11.8. The Balaban J connectivity index is 1.50. The molecule has 0 saturated carbocycles. The van der Waals surface area contributed by atoms with Gasteiger partial charge in [0.1, 0.15) is 0 Å². The summed E-state index contributed by atoms with van der Waals surface area (Å²) >= 11 is 1.26. The number of aromatic hydroxyl groups is 1. The van der Waals surface area contributed by atoms with Crippen molar-refractivity contribution in [2.45, 2.75) is 19.0 Å². The summed E-state index contributed by atoms with van der Waals surface area (Å²) in [5, 5.41) is 23.4. The van der Waals surface area contributed by atoms with Gasteiger partial charge in [-0.2, -0.15) is 5.10 Å². The molecule has 2 N–H and O–H groups in total. The van der Waals surface area contributed by atoms with E-state index >= 15 is 0 Å². The molecule has 1 amide bonds. The van der Waals surface area contributed by atoms with Crippen LogP contribution < -0.4 is 10.2 Å². The summed E-state index contributed by atoms with van der Waals surface area (Å²) < 4.78 is 7.02. The Labute approximate surface area is 207 Å². The summed E-state index contributed by atoms with van der Waals surface area (Å²) in [6, 6.07) is 21.2. The Morgan fingerprint density at radius 2 is 1.74 bits per heavy atom. The summed E-state index contributed by atoms with van der Waals surface area (Å²) in [5.41, 5.74) is 7.05. The molecular weight excluding hydrogens is 462 g/mol. The van der Waals surface area contributed by atoms with E-state index in [0.29, 0.717) is 22.3 Å². The minimum absolute atomic E-state index is 0.0443. The molecule has 0 fully saturated rings. The van der Waals surface area contributed by atoms with E-state index < -0.39 is 0 Å². The third-order valence-corrected chi connectivity index (χ3v) is 6.14. The second-order valence-electron chi connectivity index (χ2n) is 7.82. The maximum absolute atomic E-state index is 12.4. The largest absolute Gasteiger partial charge is 0.504 e. The summed E-state index contributed by atoms with van der Waals surface area (Å²) in [7, 11) is 1.47. The number of nitrogens with one attached hydrogen (secondary N) is 1. The predicted octanol–water partition coefficient (Wildman–Crippen LogP) is 4.51. The SMILES string of the molecule is COc1cccc(/C=N/NC(=O)CSc2nnc(-c3ccc(C)cc3)n2-c2ccc(C)cc2)c1O. The highest BCUT2D eigenvalue weighted by Crippen LogP contribution is 2.29. The number of hydrazone groups is 1. The van der Waals surface area contributed by atoms with Crippen LogP contribution in [0.4, 0.5) is 0 Å². The fourth-order valence-corrected chi connectivity index (χ4v) is 4.07. The van der Waals surface area contributed by atoms with Gasteiger partial charge < -0.3 is 9.84 Å². The molecule has 0 radical (unpaired) electrons. The minimum Gasteiger partial charge on any atom is -0.504 e. The third-order valence-electron chi connectivity index (χ3n) is 5.21. The maximum atomic E-state index is 12.4. The lowest BCUT2D eigenvalue weighted by atomic mass is 10.1. The van der Waals surface area contributed by atoms with Crippen LogP contribution in [0.15, 0.2) is 77.0 Å². The van der Waals surface area contributed by atoms with Gasteiger partial charge in [0, 0.05) is 16.8 Å². The number of nitrogens with zero attached hydrogens (tertiary/aromatic N) is 4. The smallest absolute Gasteiger partial charge is 0.250 e. The average Bonchev–Trinajstić information content (AvgIpc) is 3.28. The number of rotatable bonds is 8. The molecule has 0 aliphatic heterocycles. The van der Waals surface area contributed by atoms with Crippen molar-refractivity contribution in [3.05, 3.63) is 83.4 Å². The summed E-state index contributed by atoms with van der Waals surface area (Å²) in [6.07, 6.45) is 1.37. The van der Waals surface area contributed by atoms with Crippen LogP contribution in [0.25, 0.3) is 17.1 Å². The molecule has 8 nitrogen and oxygen atoms in total. The number of phenolic OH excluding ortho intramolecular Hbond substituents is 1. The van der Waals surface area contributed by atoms with Crippen molar-refractivity contribution < 1.29 is 14.6 Å². The van der Waals surface area contributed by atoms with Gasteiger partial charge in [-0.25, -0.2) is 5.43 Å². The van der Waals surface area contributed by atoms with Gasteiger partial charge in [0.25, 0.3) is 5.91 Å². The number of hydrogen-bond donors (Lipinski definition) is 2. The van der Waals surface area contributed by atoms with Gasteiger partial charge in [0.15, 0.2) is 22.5 Å². The Morgan fingerprint density at radius 1 is 1.06 bits per heavy atom. The number of aryl methyl sites for hydroxylation is 2. The lowest BCUT2D eigenvalue weighted by Gasteiger charge is -2.11. The molecule has 1 heterocycles. The fraction of sp³-hybridized carbons (Fsp3) is 0.154. The fourth-order valence-electron chi connectivity index (χ4n) is 3.32. The quantitative estimate of drug-likeness (QED) is 0.215. The summed E-state index contributed by atoms with van der Waals surface area (Å²) in [4.78, 5) is 12.4. The summed E-state index contributed by atoms with van der Waals surface area (Å²) in [6.45, 7) is 4.06. The van der Waals surface area contributed by atoms with E-state index in [1.165, 1.54) is 25.1 Å². The van der Waals surface area contributed by atoms with Crippen LogP contribution in [0.3, 0.4) is 0 Å². The molecule has 0 saturated heterocycles. The maximum Gasteiger partial charge on any atom is 0.250 e. The Morgan fingerprint density at radius 3 is 2.43 bits per heavy atom. The van der Waals surface area contributed by atoms with E-state index in [4.69, 9.17) is 4.74 Å². The lowest BCUT2D eigenvalue weighted by molar-refractivity contribution is -0.118. The number of carbonyl (C=O) groups excluding carboxylic acids is 1. The molecule has 1 aromatic heterocycles. The number of carbonyl (C=O) groups is 1. The molecule has 35 heavy (non-hydrogen) atoms. The standard InChI is InChI=1S/C26H25N5O3S/c1-17-7-11-19(12-8-17)25-29-30-26(31(25)21-13-9-18(2)10-14-21)35-16-23(32)28-27-15-20-5-4-6-22(34-3)24(20)33/h4-15,33H,16H2,1-3H3,(H,28,32)/b27-15+. The van der Waals surface area contributed by atoms with Crippen molar-refractivity contribution in [1.82, 2.24) is 20.2 Å². The number of ether oxygens (including phenoxy) is 1. The van der Waals surface area contributed by atoms with Crippen LogP contribution in [0, 0.1) is 13.8 Å². The zero-order valence-corrected chi connectivity index (χ0v) is 20.4. The molecule has 4 rings (SSSR count). The molecule has 4 aromatic rings. The number of para-hydroxylation sites is 1. The monoisotopic (exact) mass is 487 g/mol. The lowest BCUT2D eigenvalue weighted by Crippen LogP contribution is -2.20. The van der Waals surface area contributed by atoms with Crippen molar-refractivity contribution in [2.24, 2.45) is 5.10 Å². The van der Waals surface area contributed by atoms with E-state index in [-0.39, 0.29) is 17.4 Å². The van der Waals surface area contributed by atoms with E-state index in [1.54, 1.807) is 18.2 Å². The molecule has 0 bridgehead atoms. The Bertz CT molecular complexity index is 1350. The van der Waals surface area contributed by atoms with E-state index in [2.05, 4.69) is 20.7 Å². The number of amides is 1. The zero-order chi connectivity index (χ0) is 24.8. The van der Waals surface area contributed by atoms with Crippen molar-refractivity contribution in [3.63, 3.8) is 0 Å². The number of hydrogen-bond acceptors (Lipinski definition) is 7. The number of methoxy groups -OCH3 is 1. The molecule has 178 valence electrons. The first-order valence-electron chi connectivity index (χ1n) is 10.9. The van der Waals surface area contributed by atoms with Gasteiger partial charge >= 0.3 is 0 Å². The second kappa shape index (κ2) is 10.9. The van der Waals surface area contributed by atoms with Gasteiger partial charge in [-0.3, -0.25) is 9.36 Å². The number of benzene rings is 3. The van der Waals surface area contributed by atoms with Crippen molar-refractivity contribution in [1.29, 1.82) is 0 Å². The van der Waals surface area contributed by atoms with Crippen LogP contribution in [0.1, 0.15) is 16.7 Å². The highest BCUT2D eigenvalue weighted by molar-refractivity contribution is 7.99. The third kappa shape index (κ3) is 5.70. The molecule has 0 aliphatic carbocycles. The topological polar surface area (TPSA) is 102 Å². The molecule has 9 heteroatoms. The van der Waals surface area contributed by atoms with Crippen molar-refractivity contribution in [3.8, 4) is 28.6 Å². The van der Waals surface area contributed by atoms with Gasteiger partial charge in [0.2, 0.25) is 0 Å². The van der Waals surface area contributed by atoms with Gasteiger partial charge in [0.05, 0.1) is 19.1 Å². The first kappa shape index (κ1) is 24.0. The molecule has 0 aliphatic rings. The average molecular weight is 488 g/mol. The molecular formula is C26H25N5O3S. The number of thioether (sulfide) groups is 1. The van der Waals surface area contributed by atoms with Gasteiger partial charge in [-0.1, -0.05) is 65.4 Å². The van der Waals surface area contributed by atoms with Gasteiger partial charge in [-0.15, -0.1) is 10.2 Å². The van der Waals surface area contributed by atoms with Crippen LogP contribution >= 0.6 is 11.8 Å². The highest BCUT2D eigenvalue weighted by Gasteiger charge is 2.17. The molecule has 0 spiro atoms. The number of phenols is 1. The highest BCUT2D eigenvalue weighted by atomic mass is 32.2. The molecule has 0 unspecified atom stereocenters. The van der Waals surface area contributed by atoms with Crippen LogP contribution in [0.2, 0.25) is 0 Å². The predicted molar refractivity (Wildman–Crippen MR) is 137 cm³/mol. The first-order chi connectivity index (χ1) is 17.0. The summed E-state index contributed by atoms with van der Waals surface area (Å²) in [5.74, 6) is 0.749. The van der Waals surface area contributed by atoms with Crippen LogP contribution in [0.5, 0.6) is 11.5 Å². The van der Waals surface area contributed by atoms with Crippen molar-refractivity contribution in [2.75, 3.05) is 12.9 Å². The number of aromatic nitrogens is 3. The van der Waals surface area contributed by atoms with Crippen LogP contribution in [-0.4, -0.2) is 44.9 Å². The normalized spacial score (nSPS) is 11.1. The second-order valence-corrected chi connectivity index (χ2v) is 8.77. The molecule has 3 aromatic carbocycles. The molecule has 0 atom stereocenters. The van der Waals surface area contributed by atoms with E-state index in [9.17, 15) is 9.90 Å². The van der Waals surface area contributed by atoms with E-state index in [0.717, 1.165) is 22.4 Å². The van der Waals surface area contributed by atoms with Crippen molar-refractivity contribution >= 4 is 23.9 Å².